The molecule has 1 amide bonds. The number of carbonyl (C=O) groups is 2. The van der Waals surface area contributed by atoms with Gasteiger partial charge in [0.05, 0.1) is 11.3 Å². The summed E-state index contributed by atoms with van der Waals surface area (Å²) in [6, 6.07) is 2.86. The first-order chi connectivity index (χ1) is 9.97. The summed E-state index contributed by atoms with van der Waals surface area (Å²) in [5, 5.41) is 14.9. The van der Waals surface area contributed by atoms with Crippen molar-refractivity contribution in [1.82, 2.24) is 9.78 Å². The lowest BCUT2D eigenvalue weighted by molar-refractivity contribution is -0.116. The number of aromatic carboxylic acids is 1. The molecule has 0 fully saturated rings. The lowest BCUT2D eigenvalue weighted by Gasteiger charge is -2.08. The average Bonchev–Trinajstić information content (AvgIpc) is 2.92. The quantitative estimate of drug-likeness (QED) is 0.882. The van der Waals surface area contributed by atoms with Gasteiger partial charge in [-0.1, -0.05) is 0 Å². The number of rotatable bonds is 5. The molecule has 21 heavy (non-hydrogen) atoms. The van der Waals surface area contributed by atoms with Crippen molar-refractivity contribution in [2.45, 2.75) is 13.0 Å². The molecular formula is C13H11F2N3O3. The fourth-order valence-corrected chi connectivity index (χ4v) is 1.67. The second-order valence-electron chi connectivity index (χ2n) is 4.18. The van der Waals surface area contributed by atoms with E-state index in [-0.39, 0.29) is 18.7 Å². The number of aromatic nitrogens is 2. The van der Waals surface area contributed by atoms with Gasteiger partial charge in [-0.3, -0.25) is 9.48 Å². The summed E-state index contributed by atoms with van der Waals surface area (Å²) < 4.78 is 28.2. The van der Waals surface area contributed by atoms with Gasteiger partial charge in [0.25, 0.3) is 0 Å². The number of nitrogens with zero attached hydrogens (tertiary/aromatic N) is 2. The van der Waals surface area contributed by atoms with Gasteiger partial charge < -0.3 is 10.4 Å². The molecule has 0 bridgehead atoms. The van der Waals surface area contributed by atoms with E-state index < -0.39 is 29.1 Å². The highest BCUT2D eigenvalue weighted by Gasteiger charge is 2.16. The van der Waals surface area contributed by atoms with Crippen LogP contribution < -0.4 is 5.32 Å². The van der Waals surface area contributed by atoms with Gasteiger partial charge in [-0.15, -0.1) is 0 Å². The monoisotopic (exact) mass is 295 g/mol. The minimum Gasteiger partial charge on any atom is -0.478 e. The molecule has 0 aliphatic rings. The third kappa shape index (κ3) is 3.62. The predicted octanol–water partition coefficient (Wildman–Crippen LogP) is 1.89. The zero-order valence-corrected chi connectivity index (χ0v) is 10.7. The Morgan fingerprint density at radius 1 is 1.29 bits per heavy atom. The van der Waals surface area contributed by atoms with Crippen molar-refractivity contribution in [3.8, 4) is 0 Å². The molecule has 0 aliphatic heterocycles. The minimum absolute atomic E-state index is 0.0148. The van der Waals surface area contributed by atoms with Gasteiger partial charge in [0.1, 0.15) is 11.6 Å². The summed E-state index contributed by atoms with van der Waals surface area (Å²) in [6.07, 6.45) is 3.23. The molecule has 0 unspecified atom stereocenters. The normalized spacial score (nSPS) is 10.4. The fraction of sp³-hybridized carbons (Fsp3) is 0.154. The van der Waals surface area contributed by atoms with E-state index in [0.717, 1.165) is 6.07 Å². The smallest absolute Gasteiger partial charge is 0.338 e. The van der Waals surface area contributed by atoms with Crippen molar-refractivity contribution < 1.29 is 23.5 Å². The van der Waals surface area contributed by atoms with Gasteiger partial charge in [-0.05, 0) is 12.1 Å². The molecule has 1 aromatic heterocycles. The zero-order valence-electron chi connectivity index (χ0n) is 10.7. The molecule has 6 nitrogen and oxygen atoms in total. The van der Waals surface area contributed by atoms with E-state index in [1.807, 2.05) is 0 Å². The molecule has 2 aromatic rings. The third-order valence-electron chi connectivity index (χ3n) is 2.69. The lowest BCUT2D eigenvalue weighted by Crippen LogP contribution is -2.16. The van der Waals surface area contributed by atoms with Gasteiger partial charge in [-0.2, -0.15) is 5.10 Å². The predicted molar refractivity (Wildman–Crippen MR) is 68.8 cm³/mol. The SMILES string of the molecule is O=C(CCn1cccn1)Nc1cc(C(=O)O)c(F)cc1F. The number of anilines is 1. The van der Waals surface area contributed by atoms with Crippen molar-refractivity contribution in [2.24, 2.45) is 0 Å². The molecule has 0 radical (unpaired) electrons. The molecule has 0 saturated carbocycles. The first-order valence-electron chi connectivity index (χ1n) is 5.97. The number of carboxylic acids is 1. The average molecular weight is 295 g/mol. The number of aryl methyl sites for hydroxylation is 1. The van der Waals surface area contributed by atoms with E-state index in [0.29, 0.717) is 6.07 Å². The molecule has 0 aliphatic carbocycles. The second kappa shape index (κ2) is 6.12. The summed E-state index contributed by atoms with van der Waals surface area (Å²) >= 11 is 0. The molecule has 0 saturated heterocycles. The second-order valence-corrected chi connectivity index (χ2v) is 4.18. The van der Waals surface area contributed by atoms with Gasteiger partial charge in [0.2, 0.25) is 5.91 Å². The standard InChI is InChI=1S/C13H11F2N3O3/c14-9-7-10(15)11(6-8(9)13(20)21)17-12(19)2-5-18-4-1-3-16-18/h1,3-4,6-7H,2,5H2,(H,17,19)(H,20,21). The fourth-order valence-electron chi connectivity index (χ4n) is 1.67. The van der Waals surface area contributed by atoms with Crippen LogP contribution >= 0.6 is 0 Å². The maximum absolute atomic E-state index is 13.5. The topological polar surface area (TPSA) is 84.2 Å². The summed E-state index contributed by atoms with van der Waals surface area (Å²) in [4.78, 5) is 22.4. The molecule has 0 atom stereocenters. The van der Waals surface area contributed by atoms with Crippen molar-refractivity contribution in [2.75, 3.05) is 5.32 Å². The van der Waals surface area contributed by atoms with Crippen LogP contribution in [0.3, 0.4) is 0 Å². The van der Waals surface area contributed by atoms with Crippen molar-refractivity contribution in [3.05, 3.63) is 47.8 Å². The van der Waals surface area contributed by atoms with E-state index in [9.17, 15) is 18.4 Å². The Bertz CT molecular complexity index is 672. The van der Waals surface area contributed by atoms with E-state index in [1.54, 1.807) is 18.5 Å². The van der Waals surface area contributed by atoms with Crippen LogP contribution in [0.2, 0.25) is 0 Å². The molecule has 8 heteroatoms. The summed E-state index contributed by atoms with van der Waals surface area (Å²) in [7, 11) is 0. The first kappa shape index (κ1) is 14.6. The van der Waals surface area contributed by atoms with E-state index >= 15 is 0 Å². The maximum atomic E-state index is 13.5. The van der Waals surface area contributed by atoms with Gasteiger partial charge in [0, 0.05) is 31.4 Å². The Kier molecular flexibility index (Phi) is 4.27. The Morgan fingerprint density at radius 3 is 2.67 bits per heavy atom. The van der Waals surface area contributed by atoms with Gasteiger partial charge >= 0.3 is 5.97 Å². The Labute approximate surface area is 118 Å². The molecule has 1 aromatic carbocycles. The summed E-state index contributed by atoms with van der Waals surface area (Å²) in [6.45, 7) is 0.285. The van der Waals surface area contributed by atoms with Gasteiger partial charge in [-0.25, -0.2) is 13.6 Å². The van der Waals surface area contributed by atoms with Crippen molar-refractivity contribution >= 4 is 17.6 Å². The lowest BCUT2D eigenvalue weighted by atomic mass is 10.1. The van der Waals surface area contributed by atoms with Crippen LogP contribution in [0.5, 0.6) is 0 Å². The number of carbonyl (C=O) groups excluding carboxylic acids is 1. The van der Waals surface area contributed by atoms with Crippen LogP contribution in [0.25, 0.3) is 0 Å². The Balaban J connectivity index is 2.06. The highest BCUT2D eigenvalue weighted by atomic mass is 19.1. The number of amides is 1. The number of carboxylic acid groups (broad SMARTS) is 1. The third-order valence-corrected chi connectivity index (χ3v) is 2.69. The first-order valence-corrected chi connectivity index (χ1v) is 5.97. The van der Waals surface area contributed by atoms with Crippen LogP contribution in [0.4, 0.5) is 14.5 Å². The highest BCUT2D eigenvalue weighted by molar-refractivity contribution is 5.94. The van der Waals surface area contributed by atoms with Crippen LogP contribution in [0.1, 0.15) is 16.8 Å². The molecule has 2 N–H and O–H groups in total. The number of hydrogen-bond acceptors (Lipinski definition) is 3. The van der Waals surface area contributed by atoms with E-state index in [1.165, 1.54) is 4.68 Å². The van der Waals surface area contributed by atoms with Gasteiger partial charge in [0.15, 0.2) is 0 Å². The summed E-state index contributed by atoms with van der Waals surface area (Å²) in [5.74, 6) is -4.31. The highest BCUT2D eigenvalue weighted by Crippen LogP contribution is 2.19. The van der Waals surface area contributed by atoms with Crippen molar-refractivity contribution in [3.63, 3.8) is 0 Å². The summed E-state index contributed by atoms with van der Waals surface area (Å²) in [5.41, 5.74) is -1.09. The van der Waals surface area contributed by atoms with E-state index in [4.69, 9.17) is 5.11 Å². The maximum Gasteiger partial charge on any atom is 0.338 e. The minimum atomic E-state index is -1.54. The zero-order chi connectivity index (χ0) is 15.4. The van der Waals surface area contributed by atoms with Crippen LogP contribution in [-0.2, 0) is 11.3 Å². The van der Waals surface area contributed by atoms with Crippen LogP contribution in [0, 0.1) is 11.6 Å². The molecular weight excluding hydrogens is 284 g/mol. The number of hydrogen-bond donors (Lipinski definition) is 2. The number of nitrogens with one attached hydrogen (secondary N) is 1. The molecule has 110 valence electrons. The Hall–Kier alpha value is -2.77. The van der Waals surface area contributed by atoms with Crippen LogP contribution in [0.15, 0.2) is 30.6 Å². The van der Waals surface area contributed by atoms with Crippen LogP contribution in [-0.4, -0.2) is 26.8 Å². The number of benzene rings is 1. The largest absolute Gasteiger partial charge is 0.478 e. The van der Waals surface area contributed by atoms with E-state index in [2.05, 4.69) is 10.4 Å². The number of halogens is 2. The Morgan fingerprint density at radius 2 is 2.05 bits per heavy atom. The molecule has 0 spiro atoms. The molecule has 2 rings (SSSR count). The van der Waals surface area contributed by atoms with Crippen molar-refractivity contribution in [1.29, 1.82) is 0 Å². The molecule has 1 heterocycles.